The Labute approximate surface area is 172 Å². The summed E-state index contributed by atoms with van der Waals surface area (Å²) in [6, 6.07) is 1.93. The van der Waals surface area contributed by atoms with Crippen molar-refractivity contribution in [2.24, 2.45) is 0 Å². The molecule has 162 valence electrons. The number of likely N-dealkylation sites (tertiary alicyclic amines) is 1. The van der Waals surface area contributed by atoms with Gasteiger partial charge in [-0.1, -0.05) is 20.8 Å². The lowest BCUT2D eigenvalue weighted by molar-refractivity contribution is -0.146. The van der Waals surface area contributed by atoms with Gasteiger partial charge in [-0.15, -0.1) is 0 Å². The van der Waals surface area contributed by atoms with Crippen molar-refractivity contribution >= 4 is 17.8 Å². The second kappa shape index (κ2) is 9.89. The smallest absolute Gasteiger partial charge is 0.358 e. The minimum absolute atomic E-state index is 0.0276. The van der Waals surface area contributed by atoms with Gasteiger partial charge < -0.3 is 14.4 Å². The molecule has 0 spiro atoms. The largest absolute Gasteiger partial charge is 0.466 e. The molecule has 0 atom stereocenters. The van der Waals surface area contributed by atoms with Gasteiger partial charge in [0.25, 0.3) is 0 Å². The Bertz CT molecular complexity index is 727. The Morgan fingerprint density at radius 3 is 2.24 bits per heavy atom. The first kappa shape index (κ1) is 22.9. The van der Waals surface area contributed by atoms with Gasteiger partial charge >= 0.3 is 11.9 Å². The van der Waals surface area contributed by atoms with Crippen LogP contribution in [0.3, 0.4) is 0 Å². The summed E-state index contributed by atoms with van der Waals surface area (Å²) in [7, 11) is 0. The maximum Gasteiger partial charge on any atom is 0.358 e. The van der Waals surface area contributed by atoms with Crippen molar-refractivity contribution in [3.8, 4) is 0 Å². The molecular weight excluding hydrogens is 374 g/mol. The minimum atomic E-state index is -0.414. The Morgan fingerprint density at radius 1 is 1.07 bits per heavy atom. The molecule has 0 aliphatic carbocycles. The van der Waals surface area contributed by atoms with Gasteiger partial charge in [-0.2, -0.15) is 5.10 Å². The van der Waals surface area contributed by atoms with Crippen LogP contribution in [0.4, 0.5) is 0 Å². The van der Waals surface area contributed by atoms with Crippen LogP contribution in [0.25, 0.3) is 0 Å². The maximum absolute atomic E-state index is 12.4. The van der Waals surface area contributed by atoms with Crippen LogP contribution >= 0.6 is 0 Å². The number of carbonyl (C=O) groups excluding carboxylic acids is 3. The normalized spacial score (nSPS) is 15.3. The lowest BCUT2D eigenvalue weighted by Crippen LogP contribution is -2.40. The number of ether oxygens (including phenoxy) is 2. The first-order chi connectivity index (χ1) is 13.7. The third-order valence-electron chi connectivity index (χ3n) is 5.00. The number of amides is 1. The van der Waals surface area contributed by atoms with Crippen molar-refractivity contribution in [1.29, 1.82) is 0 Å². The molecule has 0 bridgehead atoms. The predicted molar refractivity (Wildman–Crippen MR) is 108 cm³/mol. The van der Waals surface area contributed by atoms with Crippen LogP contribution in [0.1, 0.15) is 82.5 Å². The Hall–Kier alpha value is -2.38. The highest BCUT2D eigenvalue weighted by atomic mass is 16.5. The molecule has 0 saturated carbocycles. The monoisotopic (exact) mass is 407 g/mol. The van der Waals surface area contributed by atoms with E-state index in [2.05, 4.69) is 25.9 Å². The zero-order valence-corrected chi connectivity index (χ0v) is 18.2. The van der Waals surface area contributed by atoms with Gasteiger partial charge in [-0.05, 0) is 32.8 Å². The van der Waals surface area contributed by atoms with Crippen LogP contribution in [0.2, 0.25) is 0 Å². The molecule has 0 unspecified atom stereocenters. The molecule has 8 heteroatoms. The third kappa shape index (κ3) is 6.05. The van der Waals surface area contributed by atoms with Crippen molar-refractivity contribution in [1.82, 2.24) is 14.7 Å². The van der Waals surface area contributed by atoms with Gasteiger partial charge in [-0.25, -0.2) is 4.79 Å². The van der Waals surface area contributed by atoms with Gasteiger partial charge in [0, 0.05) is 30.6 Å². The Balaban J connectivity index is 2.03. The number of carbonyl (C=O) groups is 3. The number of hydrogen-bond donors (Lipinski definition) is 0. The van der Waals surface area contributed by atoms with E-state index in [1.165, 1.54) is 0 Å². The van der Waals surface area contributed by atoms with Crippen LogP contribution in [0.15, 0.2) is 6.07 Å². The average Bonchev–Trinajstić information content (AvgIpc) is 3.13. The Kier molecular flexibility index (Phi) is 7.81. The van der Waals surface area contributed by atoms with Crippen LogP contribution in [0, 0.1) is 0 Å². The fourth-order valence-corrected chi connectivity index (χ4v) is 3.50. The van der Waals surface area contributed by atoms with Crippen LogP contribution in [-0.2, 0) is 24.5 Å². The quantitative estimate of drug-likeness (QED) is 0.646. The first-order valence-electron chi connectivity index (χ1n) is 10.4. The van der Waals surface area contributed by atoms with E-state index in [-0.39, 0.29) is 36.2 Å². The first-order valence-corrected chi connectivity index (χ1v) is 10.4. The van der Waals surface area contributed by atoms with E-state index in [1.807, 2.05) is 10.7 Å². The molecule has 1 fully saturated rings. The van der Waals surface area contributed by atoms with Crippen LogP contribution in [-0.4, -0.2) is 58.8 Å². The zero-order chi connectivity index (χ0) is 21.6. The van der Waals surface area contributed by atoms with E-state index in [0.717, 1.165) is 18.5 Å². The molecule has 1 aromatic heterocycles. The van der Waals surface area contributed by atoms with Gasteiger partial charge in [0.05, 0.1) is 25.7 Å². The molecule has 1 amide bonds. The number of piperidine rings is 1. The molecule has 1 saturated heterocycles. The lowest BCUT2D eigenvalue weighted by Gasteiger charge is -2.34. The molecular formula is C21H33N3O5. The number of nitrogens with zero attached hydrogens (tertiary/aromatic N) is 3. The predicted octanol–water partition coefficient (Wildman–Crippen LogP) is 2.86. The number of aromatic nitrogens is 2. The molecule has 0 N–H and O–H groups in total. The number of rotatable bonds is 7. The minimum Gasteiger partial charge on any atom is -0.466 e. The van der Waals surface area contributed by atoms with Gasteiger partial charge in [-0.3, -0.25) is 14.3 Å². The molecule has 0 radical (unpaired) electrons. The second-order valence-electron chi connectivity index (χ2n) is 8.25. The topological polar surface area (TPSA) is 90.7 Å². The summed E-state index contributed by atoms with van der Waals surface area (Å²) >= 11 is 0. The van der Waals surface area contributed by atoms with Gasteiger partial charge in [0.15, 0.2) is 5.69 Å². The fraction of sp³-hybridized carbons (Fsp3) is 0.714. The van der Waals surface area contributed by atoms with E-state index in [4.69, 9.17) is 9.47 Å². The molecule has 0 aromatic carbocycles. The zero-order valence-electron chi connectivity index (χ0n) is 18.2. The molecule has 1 aliphatic heterocycles. The lowest BCUT2D eigenvalue weighted by atomic mass is 9.91. The van der Waals surface area contributed by atoms with Crippen LogP contribution in [0.5, 0.6) is 0 Å². The van der Waals surface area contributed by atoms with E-state index < -0.39 is 5.97 Å². The van der Waals surface area contributed by atoms with Crippen molar-refractivity contribution in [3.05, 3.63) is 17.5 Å². The van der Waals surface area contributed by atoms with Gasteiger partial charge in [0.1, 0.15) is 0 Å². The van der Waals surface area contributed by atoms with Crippen molar-refractivity contribution in [3.63, 3.8) is 0 Å². The van der Waals surface area contributed by atoms with E-state index in [0.29, 0.717) is 32.0 Å². The van der Waals surface area contributed by atoms with E-state index in [1.54, 1.807) is 18.7 Å². The highest BCUT2D eigenvalue weighted by Gasteiger charge is 2.30. The number of hydrogen-bond acceptors (Lipinski definition) is 6. The highest BCUT2D eigenvalue weighted by molar-refractivity contribution is 5.87. The molecule has 8 nitrogen and oxygen atoms in total. The summed E-state index contributed by atoms with van der Waals surface area (Å²) in [5.74, 6) is -0.780. The molecule has 2 heterocycles. The number of esters is 2. The summed E-state index contributed by atoms with van der Waals surface area (Å²) in [6.45, 7) is 11.6. The summed E-state index contributed by atoms with van der Waals surface area (Å²) in [5.41, 5.74) is 1.13. The van der Waals surface area contributed by atoms with E-state index >= 15 is 0 Å². The van der Waals surface area contributed by atoms with Crippen LogP contribution < -0.4 is 0 Å². The maximum atomic E-state index is 12.4. The molecule has 29 heavy (non-hydrogen) atoms. The van der Waals surface area contributed by atoms with Crippen molar-refractivity contribution < 1.29 is 23.9 Å². The fourth-order valence-electron chi connectivity index (χ4n) is 3.50. The Morgan fingerprint density at radius 2 is 1.69 bits per heavy atom. The van der Waals surface area contributed by atoms with Crippen molar-refractivity contribution in [2.45, 2.75) is 71.8 Å². The standard InChI is InChI=1S/C21H33N3O5/c1-6-28-19(26)9-8-18(25)23-12-10-15(11-13-23)24-17(21(3,4)5)14-16(22-24)20(27)29-7-2/h14-15H,6-13H2,1-5H3. The molecule has 2 rings (SSSR count). The summed E-state index contributed by atoms with van der Waals surface area (Å²) in [4.78, 5) is 37.8. The van der Waals surface area contributed by atoms with Gasteiger partial charge in [0.2, 0.25) is 5.91 Å². The SMILES string of the molecule is CCOC(=O)CCC(=O)N1CCC(n2nc(C(=O)OCC)cc2C(C)(C)C)CC1. The van der Waals surface area contributed by atoms with Crippen molar-refractivity contribution in [2.75, 3.05) is 26.3 Å². The second-order valence-corrected chi connectivity index (χ2v) is 8.25. The summed E-state index contributed by atoms with van der Waals surface area (Å²) < 4.78 is 11.9. The molecule has 1 aromatic rings. The summed E-state index contributed by atoms with van der Waals surface area (Å²) in [6.07, 6.45) is 1.78. The van der Waals surface area contributed by atoms with E-state index in [9.17, 15) is 14.4 Å². The third-order valence-corrected chi connectivity index (χ3v) is 5.00. The molecule has 1 aliphatic rings. The average molecular weight is 408 g/mol. The summed E-state index contributed by atoms with van der Waals surface area (Å²) in [5, 5.41) is 4.55. The highest BCUT2D eigenvalue weighted by Crippen LogP contribution is 2.30.